The minimum Gasteiger partial charge on any atom is -0.340 e. The Kier molecular flexibility index (Phi) is 3.61. The highest BCUT2D eigenvalue weighted by atomic mass is 16.1. The van der Waals surface area contributed by atoms with Crippen LogP contribution < -0.4 is 0 Å². The average molecular weight is 277 g/mol. The molecular weight excluding hydrogens is 258 g/mol. The lowest BCUT2D eigenvalue weighted by atomic mass is 10.1. The Morgan fingerprint density at radius 1 is 1.05 bits per heavy atom. The minimum absolute atomic E-state index is 0.150. The van der Waals surface area contributed by atoms with Crippen LogP contribution in [0.15, 0.2) is 54.7 Å². The van der Waals surface area contributed by atoms with E-state index in [4.69, 9.17) is 0 Å². The van der Waals surface area contributed by atoms with Crippen LogP contribution in [0.25, 0.3) is 10.9 Å². The van der Waals surface area contributed by atoms with Crippen LogP contribution in [-0.4, -0.2) is 10.4 Å². The van der Waals surface area contributed by atoms with Gasteiger partial charge in [0, 0.05) is 22.7 Å². The third kappa shape index (κ3) is 2.62. The van der Waals surface area contributed by atoms with Crippen LogP contribution in [0.3, 0.4) is 0 Å². The number of fused-ring (bicyclic) bond motifs is 1. The van der Waals surface area contributed by atoms with E-state index in [1.165, 1.54) is 16.5 Å². The predicted molar refractivity (Wildman–Crippen MR) is 86.8 cm³/mol. The van der Waals surface area contributed by atoms with Gasteiger partial charge in [0.25, 0.3) is 0 Å². The van der Waals surface area contributed by atoms with Crippen molar-refractivity contribution in [3.63, 3.8) is 0 Å². The maximum absolute atomic E-state index is 12.4. The second kappa shape index (κ2) is 5.57. The molecule has 0 unspecified atom stereocenters. The minimum atomic E-state index is 0.150. The smallest absolute Gasteiger partial charge is 0.182 e. The van der Waals surface area contributed by atoms with E-state index in [0.717, 1.165) is 17.5 Å². The molecule has 1 heterocycles. The first-order valence-electron chi connectivity index (χ1n) is 7.35. The third-order valence-electron chi connectivity index (χ3n) is 4.03. The highest BCUT2D eigenvalue weighted by Gasteiger charge is 2.09. The van der Waals surface area contributed by atoms with Gasteiger partial charge in [0.05, 0.1) is 6.54 Å². The van der Waals surface area contributed by atoms with Crippen LogP contribution in [0, 0.1) is 6.92 Å². The van der Waals surface area contributed by atoms with Crippen molar-refractivity contribution < 1.29 is 4.79 Å². The van der Waals surface area contributed by atoms with E-state index in [1.807, 2.05) is 41.1 Å². The molecule has 0 spiro atoms. The molecule has 1 aromatic heterocycles. The zero-order valence-corrected chi connectivity index (χ0v) is 12.5. The number of aryl methyl sites for hydroxylation is 2. The van der Waals surface area contributed by atoms with Crippen LogP contribution in [0.5, 0.6) is 0 Å². The number of hydrogen-bond acceptors (Lipinski definition) is 1. The van der Waals surface area contributed by atoms with Gasteiger partial charge in [0.1, 0.15) is 0 Å². The molecular formula is C19H19NO. The third-order valence-corrected chi connectivity index (χ3v) is 4.03. The van der Waals surface area contributed by atoms with Crippen LogP contribution in [0.4, 0.5) is 0 Å². The van der Waals surface area contributed by atoms with Gasteiger partial charge in [-0.25, -0.2) is 0 Å². The van der Waals surface area contributed by atoms with Crippen molar-refractivity contribution in [1.82, 2.24) is 4.57 Å². The summed E-state index contributed by atoms with van der Waals surface area (Å²) in [6.45, 7) is 4.60. The number of aromatic nitrogens is 1. The molecule has 3 rings (SSSR count). The molecule has 2 heteroatoms. The van der Waals surface area contributed by atoms with Crippen molar-refractivity contribution in [1.29, 1.82) is 0 Å². The van der Waals surface area contributed by atoms with Crippen LogP contribution in [0.2, 0.25) is 0 Å². The normalized spacial score (nSPS) is 11.0. The Bertz CT molecular complexity index is 781. The van der Waals surface area contributed by atoms with Gasteiger partial charge >= 0.3 is 0 Å². The van der Waals surface area contributed by atoms with Gasteiger partial charge in [0.2, 0.25) is 0 Å². The Morgan fingerprint density at radius 3 is 2.52 bits per heavy atom. The number of ketones is 1. The van der Waals surface area contributed by atoms with Gasteiger partial charge in [-0.05, 0) is 36.6 Å². The van der Waals surface area contributed by atoms with Gasteiger partial charge in [0.15, 0.2) is 5.78 Å². The zero-order chi connectivity index (χ0) is 14.8. The molecule has 0 bridgehead atoms. The number of hydrogen-bond donors (Lipinski definition) is 0. The summed E-state index contributed by atoms with van der Waals surface area (Å²) < 4.78 is 2.03. The largest absolute Gasteiger partial charge is 0.340 e. The number of benzene rings is 2. The van der Waals surface area contributed by atoms with Gasteiger partial charge in [-0.2, -0.15) is 0 Å². The van der Waals surface area contributed by atoms with E-state index in [-0.39, 0.29) is 5.78 Å². The Morgan fingerprint density at radius 2 is 1.81 bits per heavy atom. The van der Waals surface area contributed by atoms with E-state index in [9.17, 15) is 4.79 Å². The fourth-order valence-electron chi connectivity index (χ4n) is 2.69. The summed E-state index contributed by atoms with van der Waals surface area (Å²) in [4.78, 5) is 12.4. The second-order valence-corrected chi connectivity index (χ2v) is 5.43. The molecule has 21 heavy (non-hydrogen) atoms. The SMILES string of the molecule is CCc1ccc(C(=O)Cn2ccc3c(C)cccc32)cc1. The number of nitrogens with zero attached hydrogens (tertiary/aromatic N) is 1. The Labute approximate surface area is 125 Å². The lowest BCUT2D eigenvalue weighted by molar-refractivity contribution is 0.0973. The molecule has 0 radical (unpaired) electrons. The summed E-state index contributed by atoms with van der Waals surface area (Å²) in [5.74, 6) is 0.150. The van der Waals surface area contributed by atoms with Gasteiger partial charge in [-0.3, -0.25) is 4.79 Å². The molecule has 0 saturated heterocycles. The quantitative estimate of drug-likeness (QED) is 0.648. The van der Waals surface area contributed by atoms with E-state index >= 15 is 0 Å². The number of carbonyl (C=O) groups is 1. The van der Waals surface area contributed by atoms with Crippen molar-refractivity contribution in [2.45, 2.75) is 26.8 Å². The average Bonchev–Trinajstić information content (AvgIpc) is 2.92. The summed E-state index contributed by atoms with van der Waals surface area (Å²) in [6, 6.07) is 16.2. The lowest BCUT2D eigenvalue weighted by Gasteiger charge is -2.06. The Hall–Kier alpha value is -2.35. The first kappa shape index (κ1) is 13.6. The van der Waals surface area contributed by atoms with E-state index in [2.05, 4.69) is 32.0 Å². The van der Waals surface area contributed by atoms with Crippen molar-refractivity contribution in [3.05, 3.63) is 71.4 Å². The summed E-state index contributed by atoms with van der Waals surface area (Å²) in [5.41, 5.74) is 4.40. The van der Waals surface area contributed by atoms with Crippen LogP contribution >= 0.6 is 0 Å². The number of rotatable bonds is 4. The van der Waals surface area contributed by atoms with Crippen molar-refractivity contribution in [2.75, 3.05) is 0 Å². The van der Waals surface area contributed by atoms with Crippen molar-refractivity contribution in [2.24, 2.45) is 0 Å². The van der Waals surface area contributed by atoms with Crippen LogP contribution in [-0.2, 0) is 13.0 Å². The number of carbonyl (C=O) groups excluding carboxylic acids is 1. The van der Waals surface area contributed by atoms with Crippen molar-refractivity contribution in [3.8, 4) is 0 Å². The standard InChI is InChI=1S/C19H19NO/c1-3-15-7-9-16(10-8-15)19(21)13-20-12-11-17-14(2)5-4-6-18(17)20/h4-12H,3,13H2,1-2H3. The fraction of sp³-hybridized carbons (Fsp3) is 0.211. The summed E-state index contributed by atoms with van der Waals surface area (Å²) in [5, 5.41) is 1.21. The highest BCUT2D eigenvalue weighted by Crippen LogP contribution is 2.20. The van der Waals surface area contributed by atoms with E-state index < -0.39 is 0 Å². The first-order valence-corrected chi connectivity index (χ1v) is 7.35. The second-order valence-electron chi connectivity index (χ2n) is 5.43. The first-order chi connectivity index (χ1) is 10.2. The molecule has 3 aromatic rings. The monoisotopic (exact) mass is 277 g/mol. The fourth-order valence-corrected chi connectivity index (χ4v) is 2.69. The topological polar surface area (TPSA) is 22.0 Å². The van der Waals surface area contributed by atoms with Gasteiger partial charge in [-0.1, -0.05) is 43.3 Å². The lowest BCUT2D eigenvalue weighted by Crippen LogP contribution is -2.09. The molecule has 106 valence electrons. The molecule has 0 amide bonds. The maximum Gasteiger partial charge on any atom is 0.182 e. The Balaban J connectivity index is 1.87. The molecule has 2 nitrogen and oxygen atoms in total. The van der Waals surface area contributed by atoms with E-state index in [1.54, 1.807) is 0 Å². The van der Waals surface area contributed by atoms with Gasteiger partial charge < -0.3 is 4.57 Å². The molecule has 0 atom stereocenters. The molecule has 0 aliphatic heterocycles. The summed E-state index contributed by atoms with van der Waals surface area (Å²) in [7, 11) is 0. The zero-order valence-electron chi connectivity index (χ0n) is 12.5. The summed E-state index contributed by atoms with van der Waals surface area (Å²) in [6.07, 6.45) is 2.99. The van der Waals surface area contributed by atoms with Gasteiger partial charge in [-0.15, -0.1) is 0 Å². The molecule has 0 fully saturated rings. The molecule has 2 aromatic carbocycles. The maximum atomic E-state index is 12.4. The highest BCUT2D eigenvalue weighted by molar-refractivity contribution is 5.97. The van der Waals surface area contributed by atoms with Crippen LogP contribution in [0.1, 0.15) is 28.4 Å². The predicted octanol–water partition coefficient (Wildman–Crippen LogP) is 4.40. The molecule has 0 saturated carbocycles. The van der Waals surface area contributed by atoms with E-state index in [0.29, 0.717) is 6.54 Å². The molecule has 0 aliphatic rings. The molecule has 0 N–H and O–H groups in total. The number of Topliss-reactive ketones (excluding diaryl/α,β-unsaturated/α-hetero) is 1. The van der Waals surface area contributed by atoms with Crippen molar-refractivity contribution >= 4 is 16.7 Å². The summed E-state index contributed by atoms with van der Waals surface area (Å²) >= 11 is 0. The molecule has 0 aliphatic carbocycles.